The van der Waals surface area contributed by atoms with Crippen molar-refractivity contribution in [1.82, 2.24) is 4.90 Å². The molecule has 0 radical (unpaired) electrons. The maximum absolute atomic E-state index is 6.13. The minimum atomic E-state index is -0.195. The van der Waals surface area contributed by atoms with Crippen molar-refractivity contribution in [3.05, 3.63) is 0 Å². The molecule has 0 saturated heterocycles. The number of rotatable bonds is 12. The van der Waals surface area contributed by atoms with Gasteiger partial charge in [-0.05, 0) is 44.7 Å². The molecule has 0 rings (SSSR count). The molecule has 0 bridgehead atoms. The van der Waals surface area contributed by atoms with Gasteiger partial charge in [0.1, 0.15) is 0 Å². The van der Waals surface area contributed by atoms with Crippen LogP contribution in [0.3, 0.4) is 0 Å². The first kappa shape index (κ1) is 20.8. The van der Waals surface area contributed by atoms with E-state index >= 15 is 0 Å². The lowest BCUT2D eigenvalue weighted by Gasteiger charge is -2.43. The van der Waals surface area contributed by atoms with Gasteiger partial charge in [-0.25, -0.2) is 0 Å². The lowest BCUT2D eigenvalue weighted by Crippen LogP contribution is -2.54. The number of ether oxygens (including phenoxy) is 2. The van der Waals surface area contributed by atoms with Crippen molar-refractivity contribution in [3.8, 4) is 0 Å². The Morgan fingerprint density at radius 1 is 0.952 bits per heavy atom. The van der Waals surface area contributed by atoms with Gasteiger partial charge in [0.15, 0.2) is 6.29 Å². The third-order valence-electron chi connectivity index (χ3n) is 4.29. The van der Waals surface area contributed by atoms with Crippen molar-refractivity contribution >= 4 is 0 Å². The third-order valence-corrected chi connectivity index (χ3v) is 4.29. The Morgan fingerprint density at radius 2 is 1.38 bits per heavy atom. The van der Waals surface area contributed by atoms with Gasteiger partial charge in [-0.15, -0.1) is 0 Å². The lowest BCUT2D eigenvalue weighted by molar-refractivity contribution is -0.129. The van der Waals surface area contributed by atoms with Gasteiger partial charge in [0, 0.05) is 32.7 Å². The van der Waals surface area contributed by atoms with E-state index in [-0.39, 0.29) is 11.8 Å². The number of methoxy groups -OCH3 is 2. The average molecular weight is 303 g/mol. The summed E-state index contributed by atoms with van der Waals surface area (Å²) in [4.78, 5) is 2.54. The maximum Gasteiger partial charge on any atom is 0.158 e. The molecule has 0 aliphatic heterocycles. The Kier molecular flexibility index (Phi) is 10.5. The van der Waals surface area contributed by atoms with Crippen molar-refractivity contribution < 1.29 is 9.47 Å². The predicted octanol–water partition coefficient (Wildman–Crippen LogP) is 3.11. The molecule has 0 aromatic heterocycles. The van der Waals surface area contributed by atoms with Gasteiger partial charge in [-0.2, -0.15) is 0 Å². The van der Waals surface area contributed by atoms with Crippen LogP contribution in [0.25, 0.3) is 0 Å². The Morgan fingerprint density at radius 3 is 1.67 bits per heavy atom. The average Bonchev–Trinajstić information content (AvgIpc) is 2.43. The van der Waals surface area contributed by atoms with E-state index < -0.39 is 0 Å². The molecule has 128 valence electrons. The quantitative estimate of drug-likeness (QED) is 0.563. The van der Waals surface area contributed by atoms with Crippen molar-refractivity contribution in [1.29, 1.82) is 0 Å². The molecular weight excluding hydrogens is 264 g/mol. The second-order valence-electron chi connectivity index (χ2n) is 7.16. The Balaban J connectivity index is 4.90. The van der Waals surface area contributed by atoms with Crippen LogP contribution in [0, 0.1) is 11.8 Å². The lowest BCUT2D eigenvalue weighted by atomic mass is 9.93. The zero-order chi connectivity index (χ0) is 16.5. The van der Waals surface area contributed by atoms with Gasteiger partial charge in [0.05, 0.1) is 0 Å². The summed E-state index contributed by atoms with van der Waals surface area (Å²) in [5, 5.41) is 0. The van der Waals surface area contributed by atoms with Crippen molar-refractivity contribution in [2.45, 2.75) is 65.7 Å². The van der Waals surface area contributed by atoms with Gasteiger partial charge < -0.3 is 15.2 Å². The molecular formula is C17H38N2O2. The second kappa shape index (κ2) is 10.5. The van der Waals surface area contributed by atoms with E-state index in [1.54, 1.807) is 14.2 Å². The molecule has 1 unspecified atom stereocenters. The molecule has 0 spiro atoms. The molecule has 1 atom stereocenters. The van der Waals surface area contributed by atoms with Gasteiger partial charge >= 0.3 is 0 Å². The van der Waals surface area contributed by atoms with Crippen LogP contribution < -0.4 is 5.73 Å². The van der Waals surface area contributed by atoms with Crippen LogP contribution in [0.5, 0.6) is 0 Å². The maximum atomic E-state index is 6.13. The molecule has 0 amide bonds. The number of hydrogen-bond donors (Lipinski definition) is 1. The summed E-state index contributed by atoms with van der Waals surface area (Å²) in [6.07, 6.45) is 2.99. The van der Waals surface area contributed by atoms with Crippen LogP contribution in [0.1, 0.15) is 53.9 Å². The van der Waals surface area contributed by atoms with E-state index in [4.69, 9.17) is 15.2 Å². The standard InChI is InChI=1S/C17H38N2O2/c1-14(2)8-10-19(11-9-15(3)4)17(5,13-18)12-16(20-6)21-7/h14-16H,8-13,18H2,1-7H3. The fraction of sp³-hybridized carbons (Fsp3) is 1.00. The Labute approximate surface area is 132 Å². The highest BCUT2D eigenvalue weighted by Crippen LogP contribution is 2.24. The third kappa shape index (κ3) is 8.15. The van der Waals surface area contributed by atoms with Crippen molar-refractivity contribution in [3.63, 3.8) is 0 Å². The van der Waals surface area contributed by atoms with E-state index in [1.165, 1.54) is 12.8 Å². The zero-order valence-corrected chi connectivity index (χ0v) is 15.3. The van der Waals surface area contributed by atoms with Crippen LogP contribution in [-0.2, 0) is 9.47 Å². The van der Waals surface area contributed by atoms with E-state index in [2.05, 4.69) is 39.5 Å². The minimum Gasteiger partial charge on any atom is -0.356 e. The SMILES string of the molecule is COC(CC(C)(CN)N(CCC(C)C)CCC(C)C)OC. The summed E-state index contributed by atoms with van der Waals surface area (Å²) in [7, 11) is 3.38. The highest BCUT2D eigenvalue weighted by molar-refractivity contribution is 4.89. The summed E-state index contributed by atoms with van der Waals surface area (Å²) < 4.78 is 10.8. The van der Waals surface area contributed by atoms with Crippen LogP contribution >= 0.6 is 0 Å². The van der Waals surface area contributed by atoms with E-state index in [0.717, 1.165) is 19.5 Å². The molecule has 0 heterocycles. The van der Waals surface area contributed by atoms with Crippen LogP contribution in [0.15, 0.2) is 0 Å². The topological polar surface area (TPSA) is 47.7 Å². The van der Waals surface area contributed by atoms with Crippen LogP contribution in [0.4, 0.5) is 0 Å². The number of nitrogens with zero attached hydrogens (tertiary/aromatic N) is 1. The molecule has 0 aromatic carbocycles. The predicted molar refractivity (Wildman–Crippen MR) is 90.4 cm³/mol. The second-order valence-corrected chi connectivity index (χ2v) is 7.16. The highest BCUT2D eigenvalue weighted by atomic mass is 16.7. The molecule has 0 aliphatic rings. The summed E-state index contributed by atoms with van der Waals surface area (Å²) in [6.45, 7) is 14.1. The Hall–Kier alpha value is -0.160. The fourth-order valence-electron chi connectivity index (χ4n) is 2.44. The molecule has 21 heavy (non-hydrogen) atoms. The molecule has 4 heteroatoms. The van der Waals surface area contributed by atoms with E-state index in [0.29, 0.717) is 18.4 Å². The molecule has 2 N–H and O–H groups in total. The number of hydrogen-bond acceptors (Lipinski definition) is 4. The molecule has 0 aromatic rings. The van der Waals surface area contributed by atoms with Crippen LogP contribution in [-0.4, -0.2) is 50.6 Å². The first-order valence-corrected chi connectivity index (χ1v) is 8.29. The van der Waals surface area contributed by atoms with Gasteiger partial charge in [0.25, 0.3) is 0 Å². The summed E-state index contributed by atoms with van der Waals surface area (Å²) >= 11 is 0. The first-order valence-electron chi connectivity index (χ1n) is 8.29. The van der Waals surface area contributed by atoms with Gasteiger partial charge in [-0.1, -0.05) is 27.7 Å². The highest BCUT2D eigenvalue weighted by Gasteiger charge is 2.33. The molecule has 0 fully saturated rings. The summed E-state index contributed by atoms with van der Waals surface area (Å²) in [5.74, 6) is 1.41. The zero-order valence-electron chi connectivity index (χ0n) is 15.3. The number of nitrogens with two attached hydrogens (primary N) is 1. The monoisotopic (exact) mass is 302 g/mol. The largest absolute Gasteiger partial charge is 0.356 e. The van der Waals surface area contributed by atoms with Crippen LogP contribution in [0.2, 0.25) is 0 Å². The van der Waals surface area contributed by atoms with Crippen molar-refractivity contribution in [2.75, 3.05) is 33.9 Å². The smallest absolute Gasteiger partial charge is 0.158 e. The molecule has 0 saturated carbocycles. The van der Waals surface area contributed by atoms with Gasteiger partial charge in [-0.3, -0.25) is 4.90 Å². The minimum absolute atomic E-state index is 0.0829. The van der Waals surface area contributed by atoms with E-state index in [9.17, 15) is 0 Å². The first-order chi connectivity index (χ1) is 9.78. The van der Waals surface area contributed by atoms with Crippen molar-refractivity contribution in [2.24, 2.45) is 17.6 Å². The van der Waals surface area contributed by atoms with Gasteiger partial charge in [0.2, 0.25) is 0 Å². The fourth-order valence-corrected chi connectivity index (χ4v) is 2.44. The molecule has 0 aliphatic carbocycles. The summed E-state index contributed by atoms with van der Waals surface area (Å²) in [6, 6.07) is 0. The Bertz CT molecular complexity index is 243. The molecule has 4 nitrogen and oxygen atoms in total. The normalized spacial score (nSPS) is 15.4. The van der Waals surface area contributed by atoms with E-state index in [1.807, 2.05) is 0 Å². The summed E-state index contributed by atoms with van der Waals surface area (Å²) in [5.41, 5.74) is 6.04.